The molecule has 0 N–H and O–H groups in total. The predicted molar refractivity (Wildman–Crippen MR) is 87.1 cm³/mol. The molecule has 1 heterocycles. The van der Waals surface area contributed by atoms with Gasteiger partial charge in [0.05, 0.1) is 0 Å². The summed E-state index contributed by atoms with van der Waals surface area (Å²) in [5.74, 6) is 3.08. The molecule has 3 heteroatoms. The van der Waals surface area contributed by atoms with Gasteiger partial charge in [0, 0.05) is 17.9 Å². The molecule has 17 heavy (non-hydrogen) atoms. The summed E-state index contributed by atoms with van der Waals surface area (Å²) in [5.41, 5.74) is 0. The Morgan fingerprint density at radius 2 is 1.47 bits per heavy atom. The van der Waals surface area contributed by atoms with Crippen molar-refractivity contribution in [2.75, 3.05) is 11.5 Å². The van der Waals surface area contributed by atoms with Crippen LogP contribution in [0.5, 0.6) is 0 Å². The van der Waals surface area contributed by atoms with Gasteiger partial charge in [-0.25, -0.2) is 0 Å². The van der Waals surface area contributed by atoms with Crippen LogP contribution < -0.4 is 0 Å². The number of carbonyl (C=O) groups is 1. The number of hydrogen-bond donors (Lipinski definition) is 0. The van der Waals surface area contributed by atoms with E-state index in [9.17, 15) is 4.79 Å². The minimum Gasteiger partial charge on any atom is -0.300 e. The van der Waals surface area contributed by atoms with Crippen molar-refractivity contribution >= 4 is 27.4 Å². The smallest absolute Gasteiger partial charge is 0.129 e. The highest BCUT2D eigenvalue weighted by Gasteiger charge is 1.96. The third-order valence-electron chi connectivity index (χ3n) is 1.67. The summed E-state index contributed by atoms with van der Waals surface area (Å²) in [4.78, 5) is 10.3. The summed E-state index contributed by atoms with van der Waals surface area (Å²) < 4.78 is 0. The SMILES string of the molecule is C1CSSC1.CC.CC.CCCCCC(C)=O. The average molecular weight is 281 g/mol. The maximum absolute atomic E-state index is 10.3. The Morgan fingerprint density at radius 3 is 1.71 bits per heavy atom. The molecule has 0 aliphatic carbocycles. The zero-order valence-corrected chi connectivity index (χ0v) is 14.3. The van der Waals surface area contributed by atoms with Crippen LogP contribution in [0.4, 0.5) is 0 Å². The molecule has 0 aromatic heterocycles. The molecule has 1 saturated heterocycles. The summed E-state index contributed by atoms with van der Waals surface area (Å²) in [6.07, 6.45) is 5.67. The molecule has 0 spiro atoms. The van der Waals surface area contributed by atoms with Crippen molar-refractivity contribution < 1.29 is 4.79 Å². The lowest BCUT2D eigenvalue weighted by atomic mass is 10.2. The summed E-state index contributed by atoms with van der Waals surface area (Å²) in [5, 5.41) is 0. The van der Waals surface area contributed by atoms with Gasteiger partial charge in [-0.15, -0.1) is 0 Å². The molecule has 0 unspecified atom stereocenters. The second kappa shape index (κ2) is 25.3. The fourth-order valence-electron chi connectivity index (χ4n) is 0.919. The Labute approximate surface area is 117 Å². The molecule has 1 aliphatic rings. The van der Waals surface area contributed by atoms with Crippen LogP contribution >= 0.6 is 21.6 Å². The fraction of sp³-hybridized carbons (Fsp3) is 0.929. The zero-order valence-electron chi connectivity index (χ0n) is 12.7. The van der Waals surface area contributed by atoms with Crippen molar-refractivity contribution in [3.8, 4) is 0 Å². The molecule has 0 radical (unpaired) electrons. The van der Waals surface area contributed by atoms with Gasteiger partial charge in [0.2, 0.25) is 0 Å². The first-order valence-electron chi connectivity index (χ1n) is 7.01. The number of ketones is 1. The predicted octanol–water partition coefficient (Wildman–Crippen LogP) is 5.98. The van der Waals surface area contributed by atoms with E-state index in [-0.39, 0.29) is 0 Å². The van der Waals surface area contributed by atoms with Crippen LogP contribution in [0.2, 0.25) is 0 Å². The van der Waals surface area contributed by atoms with Crippen molar-refractivity contribution in [3.63, 3.8) is 0 Å². The van der Waals surface area contributed by atoms with E-state index >= 15 is 0 Å². The maximum atomic E-state index is 10.3. The van der Waals surface area contributed by atoms with Crippen molar-refractivity contribution in [1.29, 1.82) is 0 Å². The highest BCUT2D eigenvalue weighted by atomic mass is 33.1. The summed E-state index contributed by atoms with van der Waals surface area (Å²) >= 11 is 0. The van der Waals surface area contributed by atoms with Gasteiger partial charge in [-0.05, 0) is 19.8 Å². The van der Waals surface area contributed by atoms with Crippen molar-refractivity contribution in [3.05, 3.63) is 0 Å². The Bertz CT molecular complexity index is 116. The van der Waals surface area contributed by atoms with E-state index in [4.69, 9.17) is 0 Å². The van der Waals surface area contributed by atoms with Gasteiger partial charge >= 0.3 is 0 Å². The standard InChI is InChI=1S/C7H14O.C3H6S2.2C2H6/c1-3-4-5-6-7(2)8;1-2-4-5-3-1;2*1-2/h3-6H2,1-2H3;1-3H2;2*1-2H3. The Kier molecular flexibility index (Phi) is 33.5. The van der Waals surface area contributed by atoms with Gasteiger partial charge in [0.25, 0.3) is 0 Å². The van der Waals surface area contributed by atoms with Crippen LogP contribution in [0.3, 0.4) is 0 Å². The van der Waals surface area contributed by atoms with Crippen molar-refractivity contribution in [1.82, 2.24) is 0 Å². The minimum absolute atomic E-state index is 0.318. The van der Waals surface area contributed by atoms with Gasteiger partial charge in [-0.1, -0.05) is 69.0 Å². The van der Waals surface area contributed by atoms with Gasteiger partial charge in [-0.3, -0.25) is 0 Å². The normalized spacial score (nSPS) is 12.1. The van der Waals surface area contributed by atoms with Crippen molar-refractivity contribution in [2.24, 2.45) is 0 Å². The van der Waals surface area contributed by atoms with Gasteiger partial charge in [0.15, 0.2) is 0 Å². The number of carbonyl (C=O) groups excluding carboxylic acids is 1. The molecule has 0 saturated carbocycles. The number of unbranched alkanes of at least 4 members (excludes halogenated alkanes) is 2. The molecule has 0 amide bonds. The summed E-state index contributed by atoms with van der Waals surface area (Å²) in [7, 11) is 3.98. The molecule has 1 nitrogen and oxygen atoms in total. The fourth-order valence-corrected chi connectivity index (χ4v) is 3.28. The molecule has 0 aromatic carbocycles. The van der Waals surface area contributed by atoms with Crippen LogP contribution in [0, 0.1) is 0 Å². The topological polar surface area (TPSA) is 17.1 Å². The van der Waals surface area contributed by atoms with E-state index in [0.717, 1.165) is 12.8 Å². The second-order valence-electron chi connectivity index (χ2n) is 3.16. The highest BCUT2D eigenvalue weighted by Crippen LogP contribution is 2.29. The maximum Gasteiger partial charge on any atom is 0.129 e. The van der Waals surface area contributed by atoms with E-state index in [1.165, 1.54) is 30.8 Å². The van der Waals surface area contributed by atoms with Gasteiger partial charge in [-0.2, -0.15) is 0 Å². The second-order valence-corrected chi connectivity index (χ2v) is 5.86. The van der Waals surface area contributed by atoms with E-state index in [1.807, 2.05) is 49.3 Å². The van der Waals surface area contributed by atoms with Crippen molar-refractivity contribution in [2.45, 2.75) is 73.6 Å². The van der Waals surface area contributed by atoms with E-state index in [2.05, 4.69) is 6.92 Å². The van der Waals surface area contributed by atoms with Crippen LogP contribution in [0.15, 0.2) is 0 Å². The van der Waals surface area contributed by atoms with Crippen LogP contribution in [-0.2, 0) is 4.79 Å². The first-order chi connectivity index (χ1) is 8.27. The minimum atomic E-state index is 0.318. The third-order valence-corrected chi connectivity index (χ3v) is 4.25. The highest BCUT2D eigenvalue weighted by molar-refractivity contribution is 8.77. The first kappa shape index (κ1) is 22.5. The molecular weight excluding hydrogens is 248 g/mol. The molecule has 1 aliphatic heterocycles. The Morgan fingerprint density at radius 1 is 1.00 bits per heavy atom. The van der Waals surface area contributed by atoms with Crippen LogP contribution in [-0.4, -0.2) is 17.3 Å². The number of Topliss-reactive ketones (excluding diaryl/α,β-unsaturated/α-hetero) is 1. The third kappa shape index (κ3) is 31.4. The van der Waals surface area contributed by atoms with Crippen LogP contribution in [0.25, 0.3) is 0 Å². The number of hydrogen-bond acceptors (Lipinski definition) is 3. The number of rotatable bonds is 4. The van der Waals surface area contributed by atoms with E-state index < -0.39 is 0 Å². The Balaban J connectivity index is -0.000000186. The average Bonchev–Trinajstić information content (AvgIpc) is 2.93. The quantitative estimate of drug-likeness (QED) is 0.466. The lowest BCUT2D eigenvalue weighted by molar-refractivity contribution is -0.117. The van der Waals surface area contributed by atoms with Gasteiger partial charge in [0.1, 0.15) is 5.78 Å². The summed E-state index contributed by atoms with van der Waals surface area (Å²) in [6, 6.07) is 0. The summed E-state index contributed by atoms with van der Waals surface area (Å²) in [6.45, 7) is 11.8. The molecular formula is C14H32OS2. The van der Waals surface area contributed by atoms with Crippen LogP contribution in [0.1, 0.15) is 73.6 Å². The molecule has 0 bridgehead atoms. The lowest BCUT2D eigenvalue weighted by Crippen LogP contribution is -1.87. The monoisotopic (exact) mass is 280 g/mol. The Hall–Kier alpha value is 0.370. The first-order valence-corrected chi connectivity index (χ1v) is 9.50. The molecule has 1 rings (SSSR count). The molecule has 106 valence electrons. The van der Waals surface area contributed by atoms with E-state index in [1.54, 1.807) is 6.92 Å². The molecule has 1 fully saturated rings. The lowest BCUT2D eigenvalue weighted by Gasteiger charge is -1.90. The largest absolute Gasteiger partial charge is 0.300 e. The molecule has 0 aromatic rings. The van der Waals surface area contributed by atoms with Gasteiger partial charge < -0.3 is 4.79 Å². The zero-order chi connectivity index (χ0) is 13.9. The molecule has 0 atom stereocenters. The van der Waals surface area contributed by atoms with E-state index in [0.29, 0.717) is 5.78 Å².